The van der Waals surface area contributed by atoms with Gasteiger partial charge in [-0.15, -0.1) is 0 Å². The number of carboxylic acid groups (broad SMARTS) is 2. The van der Waals surface area contributed by atoms with Crippen LogP contribution in [0, 0.1) is 0 Å². The van der Waals surface area contributed by atoms with Crippen LogP contribution in [0.1, 0.15) is 25.7 Å². The predicted molar refractivity (Wildman–Crippen MR) is 62.5 cm³/mol. The molecule has 0 aliphatic carbocycles. The van der Waals surface area contributed by atoms with Gasteiger partial charge in [0.25, 0.3) is 0 Å². The van der Waals surface area contributed by atoms with Gasteiger partial charge in [0.2, 0.25) is 0 Å². The number of nitrogens with two attached hydrogens (primary N) is 1. The molecule has 1 unspecified atom stereocenters. The van der Waals surface area contributed by atoms with Crippen LogP contribution in [0.4, 0.5) is 0 Å². The molecule has 0 saturated heterocycles. The van der Waals surface area contributed by atoms with Crippen molar-refractivity contribution in [1.82, 2.24) is 5.32 Å². The second-order valence-electron chi connectivity index (χ2n) is 3.49. The molecule has 0 rings (SSSR count). The lowest BCUT2D eigenvalue weighted by Crippen LogP contribution is -2.48. The van der Waals surface area contributed by atoms with Crippen molar-refractivity contribution < 1.29 is 19.8 Å². The zero-order valence-corrected chi connectivity index (χ0v) is 9.82. The van der Waals surface area contributed by atoms with Crippen molar-refractivity contribution >= 4 is 24.6 Å². The van der Waals surface area contributed by atoms with E-state index < -0.39 is 24.1 Å². The fourth-order valence-corrected chi connectivity index (χ4v) is 1.45. The van der Waals surface area contributed by atoms with E-state index in [2.05, 4.69) is 17.9 Å². The van der Waals surface area contributed by atoms with Crippen LogP contribution in [0.2, 0.25) is 0 Å². The summed E-state index contributed by atoms with van der Waals surface area (Å²) in [4.78, 5) is 20.9. The molecule has 0 aromatic carbocycles. The first-order valence-corrected chi connectivity index (χ1v) is 5.67. The van der Waals surface area contributed by atoms with Crippen LogP contribution in [-0.4, -0.2) is 40.1 Å². The topological polar surface area (TPSA) is 113 Å². The molecule has 0 spiro atoms. The van der Waals surface area contributed by atoms with Gasteiger partial charge in [0.15, 0.2) is 0 Å². The van der Waals surface area contributed by atoms with Gasteiger partial charge in [-0.25, -0.2) is 0 Å². The minimum atomic E-state index is -0.990. The third kappa shape index (κ3) is 7.49. The predicted octanol–water partition coefficient (Wildman–Crippen LogP) is -0.111. The summed E-state index contributed by atoms with van der Waals surface area (Å²) >= 11 is 3.89. The molecule has 5 N–H and O–H groups in total. The first kappa shape index (κ1) is 15.2. The molecule has 6 nitrogen and oxygen atoms in total. The van der Waals surface area contributed by atoms with E-state index in [9.17, 15) is 9.59 Å². The molecule has 0 aromatic heterocycles. The van der Waals surface area contributed by atoms with Crippen molar-refractivity contribution in [2.75, 3.05) is 5.75 Å². The van der Waals surface area contributed by atoms with Crippen LogP contribution >= 0.6 is 12.6 Å². The van der Waals surface area contributed by atoms with E-state index in [1.165, 1.54) is 0 Å². The highest BCUT2D eigenvalue weighted by atomic mass is 32.1. The monoisotopic (exact) mass is 250 g/mol. The summed E-state index contributed by atoms with van der Waals surface area (Å²) in [7, 11) is 0. The van der Waals surface area contributed by atoms with Gasteiger partial charge < -0.3 is 15.9 Å². The Hall–Kier alpha value is -0.790. The number of carbonyl (C=O) groups is 2. The SMILES string of the molecule is NC(CCCCC(=O)O)N[C@@H](CS)C(=O)O. The fourth-order valence-electron chi connectivity index (χ4n) is 1.18. The Morgan fingerprint density at radius 3 is 2.38 bits per heavy atom. The number of hydrogen-bond donors (Lipinski definition) is 5. The molecule has 7 heteroatoms. The van der Waals surface area contributed by atoms with Crippen LogP contribution < -0.4 is 11.1 Å². The first-order chi connectivity index (χ1) is 7.47. The Morgan fingerprint density at radius 1 is 1.31 bits per heavy atom. The highest BCUT2D eigenvalue weighted by molar-refractivity contribution is 7.80. The molecule has 0 fully saturated rings. The minimum absolute atomic E-state index is 0.113. The Labute approximate surface area is 99.6 Å². The quantitative estimate of drug-likeness (QED) is 0.222. The van der Waals surface area contributed by atoms with Crippen LogP contribution in [0.15, 0.2) is 0 Å². The zero-order valence-electron chi connectivity index (χ0n) is 8.93. The Balaban J connectivity index is 3.68. The summed E-state index contributed by atoms with van der Waals surface area (Å²) in [6.07, 6.45) is 1.41. The van der Waals surface area contributed by atoms with Crippen molar-refractivity contribution in [2.24, 2.45) is 5.73 Å². The Bertz CT molecular complexity index is 238. The molecule has 0 bridgehead atoms. The van der Waals surface area contributed by atoms with Crippen molar-refractivity contribution in [3.8, 4) is 0 Å². The fraction of sp³-hybridized carbons (Fsp3) is 0.778. The third-order valence-electron chi connectivity index (χ3n) is 2.05. The molecule has 0 aromatic rings. The van der Waals surface area contributed by atoms with Gasteiger partial charge in [0.05, 0.1) is 6.17 Å². The highest BCUT2D eigenvalue weighted by Gasteiger charge is 2.17. The number of hydrogen-bond acceptors (Lipinski definition) is 5. The molecule has 0 aliphatic rings. The van der Waals surface area contributed by atoms with Crippen LogP contribution in [0.3, 0.4) is 0 Å². The largest absolute Gasteiger partial charge is 0.481 e. The van der Waals surface area contributed by atoms with Crippen molar-refractivity contribution in [3.63, 3.8) is 0 Å². The van der Waals surface area contributed by atoms with Crippen molar-refractivity contribution in [3.05, 3.63) is 0 Å². The molecule has 0 radical (unpaired) electrons. The number of aliphatic carboxylic acids is 2. The van der Waals surface area contributed by atoms with Gasteiger partial charge >= 0.3 is 11.9 Å². The van der Waals surface area contributed by atoms with Gasteiger partial charge in [-0.1, -0.05) is 0 Å². The Kier molecular flexibility index (Phi) is 7.96. The maximum absolute atomic E-state index is 10.6. The molecule has 0 aliphatic heterocycles. The van der Waals surface area contributed by atoms with Crippen LogP contribution in [0.5, 0.6) is 0 Å². The van der Waals surface area contributed by atoms with Crippen LogP contribution in [0.25, 0.3) is 0 Å². The summed E-state index contributed by atoms with van der Waals surface area (Å²) in [5.74, 6) is -1.66. The number of unbranched alkanes of at least 4 members (excludes halogenated alkanes) is 1. The zero-order chi connectivity index (χ0) is 12.6. The molecule has 0 heterocycles. The molecule has 16 heavy (non-hydrogen) atoms. The lowest BCUT2D eigenvalue weighted by Gasteiger charge is -2.18. The summed E-state index contributed by atoms with van der Waals surface area (Å²) in [6, 6.07) is -0.766. The van der Waals surface area contributed by atoms with E-state index in [-0.39, 0.29) is 12.2 Å². The maximum Gasteiger partial charge on any atom is 0.321 e. The molecule has 2 atom stereocenters. The Morgan fingerprint density at radius 2 is 1.94 bits per heavy atom. The first-order valence-electron chi connectivity index (χ1n) is 5.04. The average Bonchev–Trinajstić information content (AvgIpc) is 2.20. The summed E-state index contributed by atoms with van der Waals surface area (Å²) in [6.45, 7) is 0. The van der Waals surface area contributed by atoms with Crippen LogP contribution in [-0.2, 0) is 9.59 Å². The lowest BCUT2D eigenvalue weighted by molar-refractivity contribution is -0.139. The standard InChI is InChI=1S/C9H18N2O4S/c10-7(3-1-2-4-8(12)13)11-6(5-16)9(14)15/h6-7,11,16H,1-5,10H2,(H,12,13)(H,14,15)/t6-,7?/m0/s1. The highest BCUT2D eigenvalue weighted by Crippen LogP contribution is 2.02. The second kappa shape index (κ2) is 8.37. The molecular weight excluding hydrogens is 232 g/mol. The summed E-state index contributed by atoms with van der Waals surface area (Å²) < 4.78 is 0. The van der Waals surface area contributed by atoms with E-state index in [1.807, 2.05) is 0 Å². The number of nitrogens with one attached hydrogen (secondary N) is 1. The normalized spacial score (nSPS) is 14.4. The van der Waals surface area contributed by atoms with Gasteiger partial charge in [-0.05, 0) is 19.3 Å². The van der Waals surface area contributed by atoms with Gasteiger partial charge in [-0.3, -0.25) is 14.9 Å². The molecule has 94 valence electrons. The number of rotatable bonds is 9. The molecule has 0 saturated carbocycles. The van der Waals surface area contributed by atoms with Gasteiger partial charge in [0.1, 0.15) is 6.04 Å². The van der Waals surface area contributed by atoms with E-state index >= 15 is 0 Å². The maximum atomic E-state index is 10.6. The molecular formula is C9H18N2O4S. The molecule has 0 amide bonds. The van der Waals surface area contributed by atoms with Gasteiger partial charge in [-0.2, -0.15) is 12.6 Å². The van der Waals surface area contributed by atoms with E-state index in [1.54, 1.807) is 0 Å². The van der Waals surface area contributed by atoms with Gasteiger partial charge in [0, 0.05) is 12.2 Å². The van der Waals surface area contributed by atoms with Crippen molar-refractivity contribution in [2.45, 2.75) is 37.9 Å². The lowest BCUT2D eigenvalue weighted by atomic mass is 10.1. The summed E-state index contributed by atoms with van der Waals surface area (Å²) in [5.41, 5.74) is 5.65. The number of thiol groups is 1. The third-order valence-corrected chi connectivity index (χ3v) is 2.42. The minimum Gasteiger partial charge on any atom is -0.481 e. The smallest absolute Gasteiger partial charge is 0.321 e. The average molecular weight is 250 g/mol. The van der Waals surface area contributed by atoms with E-state index in [0.717, 1.165) is 0 Å². The van der Waals surface area contributed by atoms with E-state index in [0.29, 0.717) is 19.3 Å². The van der Waals surface area contributed by atoms with Crippen molar-refractivity contribution in [1.29, 1.82) is 0 Å². The van der Waals surface area contributed by atoms with E-state index in [4.69, 9.17) is 15.9 Å². The summed E-state index contributed by atoms with van der Waals surface area (Å²) in [5, 5.41) is 19.8. The number of carboxylic acids is 2. The second-order valence-corrected chi connectivity index (χ2v) is 3.85.